The molecule has 2 rings (SSSR count). The summed E-state index contributed by atoms with van der Waals surface area (Å²) in [6.07, 6.45) is -0.645. The van der Waals surface area contributed by atoms with Gasteiger partial charge in [-0.2, -0.15) is 0 Å². The summed E-state index contributed by atoms with van der Waals surface area (Å²) in [6.45, 7) is 2.01. The van der Waals surface area contributed by atoms with Gasteiger partial charge in [0.25, 0.3) is 0 Å². The van der Waals surface area contributed by atoms with Gasteiger partial charge in [0.05, 0.1) is 0 Å². The third-order valence-electron chi connectivity index (χ3n) is 2.63. The molecule has 4 heteroatoms. The van der Waals surface area contributed by atoms with Gasteiger partial charge in [0.2, 0.25) is 0 Å². The summed E-state index contributed by atoms with van der Waals surface area (Å²) in [5, 5.41) is 10.5. The van der Waals surface area contributed by atoms with Crippen molar-refractivity contribution in [2.75, 3.05) is 0 Å². The summed E-state index contributed by atoms with van der Waals surface area (Å²) < 4.78 is 2.82. The van der Waals surface area contributed by atoms with Gasteiger partial charge >= 0.3 is 0 Å². The maximum absolute atomic E-state index is 10.5. The van der Waals surface area contributed by atoms with Gasteiger partial charge in [0.15, 0.2) is 0 Å². The molecule has 0 aliphatic rings. The molecule has 0 heterocycles. The van der Waals surface area contributed by atoms with Crippen molar-refractivity contribution in [1.29, 1.82) is 0 Å². The van der Waals surface area contributed by atoms with E-state index in [1.54, 1.807) is 0 Å². The maximum Gasteiger partial charge on any atom is 0.105 e. The number of aliphatic hydroxyl groups is 1. The number of aryl methyl sites for hydroxylation is 1. The van der Waals surface area contributed by atoms with Gasteiger partial charge in [-0.3, -0.25) is 0 Å². The number of halogens is 3. The van der Waals surface area contributed by atoms with E-state index in [-0.39, 0.29) is 0 Å². The van der Waals surface area contributed by atoms with Crippen LogP contribution >= 0.6 is 47.8 Å². The van der Waals surface area contributed by atoms with E-state index in [2.05, 4.69) is 47.8 Å². The van der Waals surface area contributed by atoms with Crippen LogP contribution in [0.3, 0.4) is 0 Å². The molecule has 0 aliphatic carbocycles. The number of aliphatic hydroxyl groups excluding tert-OH is 1. The molecule has 2 aromatic rings. The van der Waals surface area contributed by atoms with Gasteiger partial charge in [0, 0.05) is 19.0 Å². The van der Waals surface area contributed by atoms with Crippen LogP contribution in [0.2, 0.25) is 0 Å². The summed E-state index contributed by atoms with van der Waals surface area (Å²) in [5.41, 5.74) is 2.84. The fraction of sp³-hybridized carbons (Fsp3) is 0.143. The molecule has 0 spiro atoms. The minimum atomic E-state index is -0.645. The molecule has 2 aromatic carbocycles. The second-order valence-electron chi connectivity index (χ2n) is 4.13. The normalized spacial score (nSPS) is 12.5. The second-order valence-corrected chi connectivity index (χ2v) is 6.82. The van der Waals surface area contributed by atoms with Crippen LogP contribution in [0, 0.1) is 6.92 Å². The summed E-state index contributed by atoms with van der Waals surface area (Å²) in [4.78, 5) is 0. The Balaban J connectivity index is 2.47. The molecule has 1 N–H and O–H groups in total. The maximum atomic E-state index is 10.5. The van der Waals surface area contributed by atoms with E-state index in [0.717, 1.165) is 30.1 Å². The zero-order valence-corrected chi connectivity index (χ0v) is 14.4. The smallest absolute Gasteiger partial charge is 0.105 e. The minimum absolute atomic E-state index is 0.645. The third kappa shape index (κ3) is 3.23. The van der Waals surface area contributed by atoms with E-state index in [1.807, 2.05) is 43.3 Å². The lowest BCUT2D eigenvalue weighted by Crippen LogP contribution is -2.01. The van der Waals surface area contributed by atoms with Crippen LogP contribution in [-0.4, -0.2) is 5.11 Å². The average Bonchev–Trinajstić information content (AvgIpc) is 2.30. The Hall–Kier alpha value is -0.160. The molecule has 94 valence electrons. The summed E-state index contributed by atoms with van der Waals surface area (Å²) in [5.74, 6) is 0. The van der Waals surface area contributed by atoms with Crippen LogP contribution in [0.4, 0.5) is 0 Å². The summed E-state index contributed by atoms with van der Waals surface area (Å²) >= 11 is 10.4. The SMILES string of the molecule is Cc1cc(Br)cc(C(O)c2cc(Br)ccc2Br)c1. The molecular weight excluding hydrogens is 424 g/mol. The minimum Gasteiger partial charge on any atom is -0.384 e. The zero-order valence-electron chi connectivity index (χ0n) is 9.62. The molecule has 0 radical (unpaired) electrons. The Kier molecular flexibility index (Phi) is 4.64. The van der Waals surface area contributed by atoms with Crippen molar-refractivity contribution in [1.82, 2.24) is 0 Å². The van der Waals surface area contributed by atoms with Gasteiger partial charge in [-0.15, -0.1) is 0 Å². The highest BCUT2D eigenvalue weighted by Crippen LogP contribution is 2.32. The Bertz CT molecular complexity index is 561. The first-order valence-electron chi connectivity index (χ1n) is 5.37. The van der Waals surface area contributed by atoms with Crippen molar-refractivity contribution in [2.45, 2.75) is 13.0 Å². The molecule has 1 atom stereocenters. The number of hydrogen-bond acceptors (Lipinski definition) is 1. The predicted molar refractivity (Wildman–Crippen MR) is 84.8 cm³/mol. The van der Waals surface area contributed by atoms with E-state index in [1.165, 1.54) is 0 Å². The van der Waals surface area contributed by atoms with Crippen LogP contribution in [0.1, 0.15) is 22.8 Å². The molecule has 0 bridgehead atoms. The van der Waals surface area contributed by atoms with Gasteiger partial charge in [-0.25, -0.2) is 0 Å². The molecule has 0 aromatic heterocycles. The van der Waals surface area contributed by atoms with E-state index in [4.69, 9.17) is 0 Å². The van der Waals surface area contributed by atoms with Crippen molar-refractivity contribution >= 4 is 47.8 Å². The molecule has 0 aliphatic heterocycles. The van der Waals surface area contributed by atoms with Crippen LogP contribution in [0.5, 0.6) is 0 Å². The predicted octanol–water partition coefficient (Wildman–Crippen LogP) is 5.36. The summed E-state index contributed by atoms with van der Waals surface area (Å²) in [7, 11) is 0. The van der Waals surface area contributed by atoms with Crippen molar-refractivity contribution in [3.63, 3.8) is 0 Å². The van der Waals surface area contributed by atoms with Gasteiger partial charge in [-0.1, -0.05) is 53.9 Å². The Morgan fingerprint density at radius 2 is 1.67 bits per heavy atom. The molecule has 0 fully saturated rings. The molecular formula is C14H11Br3O. The quantitative estimate of drug-likeness (QED) is 0.674. The Morgan fingerprint density at radius 1 is 0.944 bits per heavy atom. The van der Waals surface area contributed by atoms with Crippen LogP contribution in [0.25, 0.3) is 0 Å². The summed E-state index contributed by atoms with van der Waals surface area (Å²) in [6, 6.07) is 11.7. The largest absolute Gasteiger partial charge is 0.384 e. The Labute approximate surface area is 132 Å². The molecule has 0 saturated carbocycles. The lowest BCUT2D eigenvalue weighted by atomic mass is 10.0. The number of hydrogen-bond donors (Lipinski definition) is 1. The van der Waals surface area contributed by atoms with Crippen molar-refractivity contribution in [3.8, 4) is 0 Å². The highest BCUT2D eigenvalue weighted by Gasteiger charge is 2.15. The van der Waals surface area contributed by atoms with E-state index < -0.39 is 6.10 Å². The van der Waals surface area contributed by atoms with Gasteiger partial charge in [0.1, 0.15) is 6.10 Å². The van der Waals surface area contributed by atoms with E-state index in [0.29, 0.717) is 0 Å². The first kappa shape index (κ1) is 14.3. The number of rotatable bonds is 2. The lowest BCUT2D eigenvalue weighted by Gasteiger charge is -2.15. The van der Waals surface area contributed by atoms with Crippen molar-refractivity contribution < 1.29 is 5.11 Å². The monoisotopic (exact) mass is 432 g/mol. The molecule has 0 saturated heterocycles. The fourth-order valence-electron chi connectivity index (χ4n) is 1.83. The number of benzene rings is 2. The van der Waals surface area contributed by atoms with Crippen molar-refractivity contribution in [2.24, 2.45) is 0 Å². The molecule has 1 unspecified atom stereocenters. The average molecular weight is 435 g/mol. The first-order chi connectivity index (χ1) is 8.47. The van der Waals surface area contributed by atoms with E-state index >= 15 is 0 Å². The topological polar surface area (TPSA) is 20.2 Å². The van der Waals surface area contributed by atoms with Gasteiger partial charge in [-0.05, 0) is 48.4 Å². The van der Waals surface area contributed by atoms with Crippen LogP contribution in [-0.2, 0) is 0 Å². The zero-order chi connectivity index (χ0) is 13.3. The van der Waals surface area contributed by atoms with Crippen LogP contribution < -0.4 is 0 Å². The standard InChI is InChI=1S/C14H11Br3O/c1-8-4-9(6-11(16)5-8)14(18)12-7-10(15)2-3-13(12)17/h2-7,14,18H,1H3. The van der Waals surface area contributed by atoms with E-state index in [9.17, 15) is 5.11 Å². The highest BCUT2D eigenvalue weighted by molar-refractivity contribution is 9.11. The third-order valence-corrected chi connectivity index (χ3v) is 4.31. The van der Waals surface area contributed by atoms with Crippen LogP contribution in [0.15, 0.2) is 49.8 Å². The van der Waals surface area contributed by atoms with Gasteiger partial charge < -0.3 is 5.11 Å². The second kappa shape index (κ2) is 5.87. The molecule has 0 amide bonds. The fourth-order valence-corrected chi connectivity index (χ4v) is 3.29. The lowest BCUT2D eigenvalue weighted by molar-refractivity contribution is 0.219. The van der Waals surface area contributed by atoms with Crippen molar-refractivity contribution in [3.05, 3.63) is 66.5 Å². The molecule has 18 heavy (non-hydrogen) atoms. The molecule has 1 nitrogen and oxygen atoms in total. The first-order valence-corrected chi connectivity index (χ1v) is 7.75. The Morgan fingerprint density at radius 3 is 2.33 bits per heavy atom. The highest BCUT2D eigenvalue weighted by atomic mass is 79.9.